The van der Waals surface area contributed by atoms with E-state index in [-0.39, 0.29) is 0 Å². The molecule has 0 atom stereocenters. The van der Waals surface area contributed by atoms with Crippen molar-refractivity contribution in [2.24, 2.45) is 0 Å². The zero-order chi connectivity index (χ0) is 16.0. The zero-order valence-electron chi connectivity index (χ0n) is 14.7. The normalized spacial score (nSPS) is 26.4. The van der Waals surface area contributed by atoms with Gasteiger partial charge in [0.15, 0.2) is 0 Å². The van der Waals surface area contributed by atoms with Gasteiger partial charge in [-0.2, -0.15) is 0 Å². The van der Waals surface area contributed by atoms with E-state index in [0.29, 0.717) is 18.3 Å². The second-order valence-corrected chi connectivity index (χ2v) is 9.56. The van der Waals surface area contributed by atoms with Crippen molar-refractivity contribution < 1.29 is 13.6 Å². The molecule has 3 aliphatic carbocycles. The first-order valence-corrected chi connectivity index (χ1v) is 11.7. The number of rotatable bonds is 6. The summed E-state index contributed by atoms with van der Waals surface area (Å²) in [5.41, 5.74) is 0. The van der Waals surface area contributed by atoms with Crippen LogP contribution in [-0.2, 0) is 13.6 Å². The summed E-state index contributed by atoms with van der Waals surface area (Å²) in [6.07, 6.45) is 23.9. The Morgan fingerprint density at radius 3 is 1.00 bits per heavy atom. The van der Waals surface area contributed by atoms with Crippen molar-refractivity contribution in [2.75, 3.05) is 0 Å². The lowest BCUT2D eigenvalue weighted by Gasteiger charge is -2.37. The van der Waals surface area contributed by atoms with Gasteiger partial charge < -0.3 is 13.6 Å². The highest BCUT2D eigenvalue weighted by Gasteiger charge is 2.31. The third kappa shape index (κ3) is 5.88. The average Bonchev–Trinajstić information content (AvgIpc) is 2.57. The third-order valence-corrected chi connectivity index (χ3v) is 7.44. The summed E-state index contributed by atoms with van der Waals surface area (Å²) in [5, 5.41) is 0. The second kappa shape index (κ2) is 9.04. The van der Waals surface area contributed by atoms with E-state index in [1.165, 1.54) is 57.8 Å². The van der Waals surface area contributed by atoms with E-state index in [2.05, 4.69) is 6.30 Å². The molecule has 0 heterocycles. The molecule has 3 aliphatic rings. The Morgan fingerprint density at radius 1 is 0.478 bits per heavy atom. The first kappa shape index (κ1) is 18.0. The van der Waals surface area contributed by atoms with E-state index in [0.717, 1.165) is 38.5 Å². The summed E-state index contributed by atoms with van der Waals surface area (Å²) in [7, 11) is -2.42. The molecule has 4 heteroatoms. The molecule has 0 unspecified atom stereocenters. The topological polar surface area (TPSA) is 27.7 Å². The fraction of sp³-hybridized carbons (Fsp3) is 0.947. The minimum absolute atomic E-state index is 0.307. The summed E-state index contributed by atoms with van der Waals surface area (Å²) < 4.78 is 19.3. The Bertz CT molecular complexity index is 323. The van der Waals surface area contributed by atoms with Crippen LogP contribution >= 0.6 is 7.57 Å². The van der Waals surface area contributed by atoms with E-state index < -0.39 is 7.57 Å². The van der Waals surface area contributed by atoms with E-state index in [1.54, 1.807) is 0 Å². The van der Waals surface area contributed by atoms with Gasteiger partial charge in [0.05, 0.1) is 18.3 Å². The van der Waals surface area contributed by atoms with Crippen LogP contribution in [0.15, 0.2) is 0 Å². The van der Waals surface area contributed by atoms with Gasteiger partial charge >= 0.3 is 0 Å². The molecule has 0 aromatic carbocycles. The molecule has 0 aliphatic heterocycles. The second-order valence-electron chi connectivity index (χ2n) is 7.71. The van der Waals surface area contributed by atoms with Gasteiger partial charge in [0, 0.05) is 0 Å². The van der Waals surface area contributed by atoms with Crippen LogP contribution in [0.5, 0.6) is 0 Å². The van der Waals surface area contributed by atoms with Gasteiger partial charge in [-0.15, -0.1) is 0 Å². The highest BCUT2D eigenvalue weighted by atomic mass is 31.2. The van der Waals surface area contributed by atoms with Crippen LogP contribution in [0.2, 0.25) is 0 Å². The van der Waals surface area contributed by atoms with Crippen molar-refractivity contribution in [3.05, 3.63) is 0 Å². The summed E-state index contributed by atoms with van der Waals surface area (Å²) >= 11 is 0. The van der Waals surface area contributed by atoms with E-state index in [9.17, 15) is 0 Å². The van der Waals surface area contributed by atoms with Crippen LogP contribution < -0.4 is 0 Å². The van der Waals surface area contributed by atoms with Crippen molar-refractivity contribution in [3.8, 4) is 0 Å². The molecular weight excluding hydrogens is 307 g/mol. The minimum Gasteiger partial charge on any atom is -0.314 e. The number of hydrogen-bond acceptors (Lipinski definition) is 3. The quantitative estimate of drug-likeness (QED) is 0.536. The molecule has 23 heavy (non-hydrogen) atoms. The molecule has 0 radical (unpaired) electrons. The smallest absolute Gasteiger partial charge is 0.251 e. The lowest BCUT2D eigenvalue weighted by atomic mass is 9.98. The molecule has 0 saturated heterocycles. The van der Waals surface area contributed by atoms with Crippen LogP contribution in [0.25, 0.3) is 0 Å². The maximum Gasteiger partial charge on any atom is 0.251 e. The van der Waals surface area contributed by atoms with E-state index in [1.807, 2.05) is 0 Å². The highest BCUT2D eigenvalue weighted by Crippen LogP contribution is 2.55. The summed E-state index contributed by atoms with van der Waals surface area (Å²) in [5.74, 6) is 0. The molecule has 0 aromatic heterocycles. The molecular formula is C19H35O3P. The standard InChI is InChI=1S/C19H35O3P/c1-23(20-17-11-5-2-6-12-17,21-18-13-7-3-8-14-18)22-19-15-9-4-10-16-19/h17-19H,1-16H2. The molecule has 0 aromatic rings. The van der Waals surface area contributed by atoms with Crippen molar-refractivity contribution in [1.29, 1.82) is 0 Å². The fourth-order valence-corrected chi connectivity index (χ4v) is 6.41. The first-order chi connectivity index (χ1) is 11.2. The van der Waals surface area contributed by atoms with Gasteiger partial charge in [0.25, 0.3) is 7.57 Å². The summed E-state index contributed by atoms with van der Waals surface area (Å²) in [4.78, 5) is 0. The Labute approximate surface area is 142 Å². The van der Waals surface area contributed by atoms with Crippen molar-refractivity contribution >= 4 is 13.9 Å². The van der Waals surface area contributed by atoms with Crippen LogP contribution in [-0.4, -0.2) is 24.6 Å². The molecule has 134 valence electrons. The first-order valence-electron chi connectivity index (χ1n) is 10.0. The fourth-order valence-electron chi connectivity index (χ4n) is 4.27. The summed E-state index contributed by atoms with van der Waals surface area (Å²) in [6.45, 7) is 0. The van der Waals surface area contributed by atoms with Crippen molar-refractivity contribution in [1.82, 2.24) is 0 Å². The highest BCUT2D eigenvalue weighted by molar-refractivity contribution is 7.59. The van der Waals surface area contributed by atoms with E-state index >= 15 is 0 Å². The van der Waals surface area contributed by atoms with Crippen LogP contribution in [0.1, 0.15) is 96.3 Å². The molecule has 0 spiro atoms. The lowest BCUT2D eigenvalue weighted by molar-refractivity contribution is 0.0320. The molecule has 3 saturated carbocycles. The van der Waals surface area contributed by atoms with Gasteiger partial charge in [-0.25, -0.2) is 0 Å². The third-order valence-electron chi connectivity index (χ3n) is 5.59. The Kier molecular flexibility index (Phi) is 7.07. The average molecular weight is 342 g/mol. The molecule has 0 N–H and O–H groups in total. The van der Waals surface area contributed by atoms with Crippen LogP contribution in [0.4, 0.5) is 0 Å². The Balaban J connectivity index is 1.61. The largest absolute Gasteiger partial charge is 0.314 e. The lowest BCUT2D eigenvalue weighted by Crippen LogP contribution is -2.24. The van der Waals surface area contributed by atoms with Crippen molar-refractivity contribution in [3.63, 3.8) is 0 Å². The van der Waals surface area contributed by atoms with Gasteiger partial charge in [0.1, 0.15) is 0 Å². The molecule has 3 fully saturated rings. The van der Waals surface area contributed by atoms with Gasteiger partial charge in [0.2, 0.25) is 0 Å². The minimum atomic E-state index is -2.42. The van der Waals surface area contributed by atoms with Gasteiger partial charge in [-0.1, -0.05) is 57.8 Å². The predicted molar refractivity (Wildman–Crippen MR) is 97.9 cm³/mol. The van der Waals surface area contributed by atoms with Gasteiger partial charge in [-0.05, 0) is 44.8 Å². The van der Waals surface area contributed by atoms with Crippen LogP contribution in [0.3, 0.4) is 0 Å². The van der Waals surface area contributed by atoms with Crippen molar-refractivity contribution in [2.45, 2.75) is 115 Å². The van der Waals surface area contributed by atoms with E-state index in [4.69, 9.17) is 13.6 Å². The maximum atomic E-state index is 6.44. The van der Waals surface area contributed by atoms with Crippen LogP contribution in [0, 0.1) is 0 Å². The monoisotopic (exact) mass is 342 g/mol. The Morgan fingerprint density at radius 2 is 0.739 bits per heavy atom. The molecule has 3 rings (SSSR count). The number of hydrogen-bond donors (Lipinski definition) is 0. The molecule has 3 nitrogen and oxygen atoms in total. The zero-order valence-corrected chi connectivity index (χ0v) is 15.6. The molecule has 0 bridgehead atoms. The van der Waals surface area contributed by atoms with Gasteiger partial charge in [-0.3, -0.25) is 0 Å². The maximum absolute atomic E-state index is 6.44. The SMILES string of the molecule is C=P(OC1CCCCC1)(OC1CCCCC1)OC1CCCCC1. The Hall–Kier alpha value is 0.180. The molecule has 0 amide bonds. The summed E-state index contributed by atoms with van der Waals surface area (Å²) in [6, 6.07) is 0. The predicted octanol–water partition coefficient (Wildman–Crippen LogP) is 6.23.